The molecule has 0 saturated carbocycles. The molecule has 24 heavy (non-hydrogen) atoms. The van der Waals surface area contributed by atoms with Crippen molar-refractivity contribution in [3.05, 3.63) is 60.4 Å². The average molecular weight is 327 g/mol. The molecule has 1 aromatic carbocycles. The molecule has 2 atom stereocenters. The number of allylic oxidation sites excluding steroid dienone is 1. The summed E-state index contributed by atoms with van der Waals surface area (Å²) in [5.41, 5.74) is 7.56. The highest BCUT2D eigenvalue weighted by molar-refractivity contribution is 5.58. The van der Waals surface area contributed by atoms with E-state index in [9.17, 15) is 4.79 Å². The molecule has 4 heteroatoms. The lowest BCUT2D eigenvalue weighted by atomic mass is 9.89. The highest BCUT2D eigenvalue weighted by atomic mass is 16.5. The molecule has 1 heterocycles. The van der Waals surface area contributed by atoms with Gasteiger partial charge in [-0.25, -0.2) is 0 Å². The molecule has 0 aliphatic carbocycles. The van der Waals surface area contributed by atoms with Gasteiger partial charge in [0.15, 0.2) is 0 Å². The minimum absolute atomic E-state index is 0.0985. The van der Waals surface area contributed by atoms with E-state index in [4.69, 9.17) is 15.2 Å². The average Bonchev–Trinajstić information content (AvgIpc) is 2.53. The van der Waals surface area contributed by atoms with E-state index in [1.54, 1.807) is 12.2 Å². The smallest absolute Gasteiger partial charge is 0.136 e. The fourth-order valence-electron chi connectivity index (χ4n) is 2.88. The number of carbonyl (C=O) groups excluding carboxylic acids is 1. The third kappa shape index (κ3) is 3.77. The van der Waals surface area contributed by atoms with Crippen molar-refractivity contribution in [3.63, 3.8) is 0 Å². The summed E-state index contributed by atoms with van der Waals surface area (Å²) in [6.07, 6.45) is 4.81. The summed E-state index contributed by atoms with van der Waals surface area (Å²) >= 11 is 0. The molecular weight excluding hydrogens is 302 g/mol. The number of ether oxygens (including phenoxy) is 2. The van der Waals surface area contributed by atoms with E-state index in [1.165, 1.54) is 0 Å². The fourth-order valence-corrected chi connectivity index (χ4v) is 2.88. The van der Waals surface area contributed by atoms with E-state index < -0.39 is 5.41 Å². The van der Waals surface area contributed by atoms with Crippen LogP contribution in [-0.4, -0.2) is 12.4 Å². The molecule has 4 nitrogen and oxygen atoms in total. The van der Waals surface area contributed by atoms with Crippen LogP contribution >= 0.6 is 0 Å². The van der Waals surface area contributed by atoms with Crippen LogP contribution in [0.15, 0.2) is 54.8 Å². The van der Waals surface area contributed by atoms with Gasteiger partial charge in [0, 0.05) is 22.6 Å². The largest absolute Gasteiger partial charge is 0.491 e. The minimum atomic E-state index is -0.413. The molecule has 1 aliphatic heterocycles. The Labute approximate surface area is 143 Å². The summed E-state index contributed by atoms with van der Waals surface area (Å²) in [6, 6.07) is 5.28. The molecule has 2 N–H and O–H groups in total. The standard InChI is InChI=1S/C20H25NO3/c1-6-15-17(7-2)24-18-10-14(8-9-16(18)19(15)21)23-13(3)11-20(4,5)12-22/h6-10,12-13,19H,1-2,11,21H2,3-5H3. The molecule has 2 unspecified atom stereocenters. The molecule has 0 radical (unpaired) electrons. The van der Waals surface area contributed by atoms with Crippen LogP contribution in [-0.2, 0) is 4.79 Å². The minimum Gasteiger partial charge on any atom is -0.491 e. The van der Waals surface area contributed by atoms with Gasteiger partial charge in [0.2, 0.25) is 0 Å². The van der Waals surface area contributed by atoms with Crippen molar-refractivity contribution in [1.29, 1.82) is 0 Å². The van der Waals surface area contributed by atoms with Crippen LogP contribution in [0.2, 0.25) is 0 Å². The maximum Gasteiger partial charge on any atom is 0.136 e. The molecule has 0 amide bonds. The first kappa shape index (κ1) is 18.0. The van der Waals surface area contributed by atoms with E-state index in [0.717, 1.165) is 17.4 Å². The number of benzene rings is 1. The molecule has 128 valence electrons. The number of rotatable bonds is 7. The first-order chi connectivity index (χ1) is 11.3. The third-order valence-corrected chi connectivity index (χ3v) is 4.03. The van der Waals surface area contributed by atoms with Gasteiger partial charge in [-0.2, -0.15) is 0 Å². The van der Waals surface area contributed by atoms with Crippen LogP contribution in [0.25, 0.3) is 0 Å². The zero-order valence-corrected chi connectivity index (χ0v) is 14.5. The van der Waals surface area contributed by atoms with E-state index in [0.29, 0.717) is 23.7 Å². The van der Waals surface area contributed by atoms with Gasteiger partial charge in [0.25, 0.3) is 0 Å². The quantitative estimate of drug-likeness (QED) is 0.766. The Bertz CT molecular complexity index is 688. The zero-order valence-electron chi connectivity index (χ0n) is 14.5. The van der Waals surface area contributed by atoms with Crippen LogP contribution in [0.1, 0.15) is 38.8 Å². The molecule has 1 aliphatic rings. The summed E-state index contributed by atoms with van der Waals surface area (Å²) in [7, 11) is 0. The maximum absolute atomic E-state index is 11.1. The Kier molecular flexibility index (Phi) is 5.30. The SMILES string of the molecule is C=CC1=C(C=C)C(N)c2ccc(OC(C)CC(C)(C)C=O)cc2O1. The molecule has 0 aromatic heterocycles. The molecule has 0 bridgehead atoms. The highest BCUT2D eigenvalue weighted by Crippen LogP contribution is 2.39. The molecular formula is C20H25NO3. The van der Waals surface area contributed by atoms with Crippen molar-refractivity contribution in [2.75, 3.05) is 0 Å². The number of fused-ring (bicyclic) bond motifs is 1. The Morgan fingerprint density at radius 3 is 2.67 bits per heavy atom. The molecule has 0 spiro atoms. The number of hydrogen-bond donors (Lipinski definition) is 1. The van der Waals surface area contributed by atoms with E-state index >= 15 is 0 Å². The molecule has 0 saturated heterocycles. The van der Waals surface area contributed by atoms with Crippen molar-refractivity contribution in [2.45, 2.75) is 39.3 Å². The van der Waals surface area contributed by atoms with E-state index in [2.05, 4.69) is 13.2 Å². The van der Waals surface area contributed by atoms with Gasteiger partial charge in [0.1, 0.15) is 23.5 Å². The lowest BCUT2D eigenvalue weighted by molar-refractivity contribution is -0.115. The molecule has 2 rings (SSSR count). The van der Waals surface area contributed by atoms with E-state index in [1.807, 2.05) is 39.0 Å². The molecule has 1 aromatic rings. The highest BCUT2D eigenvalue weighted by Gasteiger charge is 2.25. The van der Waals surface area contributed by atoms with Crippen LogP contribution < -0.4 is 15.2 Å². The summed E-state index contributed by atoms with van der Waals surface area (Å²) < 4.78 is 11.8. The first-order valence-corrected chi connectivity index (χ1v) is 8.00. The monoisotopic (exact) mass is 327 g/mol. The van der Waals surface area contributed by atoms with Gasteiger partial charge in [-0.05, 0) is 31.6 Å². The lowest BCUT2D eigenvalue weighted by Gasteiger charge is -2.27. The van der Waals surface area contributed by atoms with Gasteiger partial charge in [-0.1, -0.05) is 33.1 Å². The number of carbonyl (C=O) groups is 1. The topological polar surface area (TPSA) is 61.5 Å². The number of hydrogen-bond acceptors (Lipinski definition) is 4. The van der Waals surface area contributed by atoms with Crippen LogP contribution in [0.4, 0.5) is 0 Å². The van der Waals surface area contributed by atoms with Crippen LogP contribution in [0, 0.1) is 5.41 Å². The number of nitrogens with two attached hydrogens (primary N) is 1. The second-order valence-electron chi connectivity index (χ2n) is 6.75. The Morgan fingerprint density at radius 2 is 2.08 bits per heavy atom. The second kappa shape index (κ2) is 7.05. The summed E-state index contributed by atoms with van der Waals surface area (Å²) in [4.78, 5) is 11.1. The first-order valence-electron chi connectivity index (χ1n) is 8.00. The van der Waals surface area contributed by atoms with Gasteiger partial charge in [0.05, 0.1) is 12.1 Å². The predicted octanol–water partition coefficient (Wildman–Crippen LogP) is 4.09. The van der Waals surface area contributed by atoms with Crippen LogP contribution in [0.5, 0.6) is 11.5 Å². The normalized spacial score (nSPS) is 18.2. The third-order valence-electron chi connectivity index (χ3n) is 4.03. The second-order valence-corrected chi connectivity index (χ2v) is 6.75. The van der Waals surface area contributed by atoms with Crippen molar-refractivity contribution < 1.29 is 14.3 Å². The van der Waals surface area contributed by atoms with Crippen molar-refractivity contribution in [2.24, 2.45) is 11.1 Å². The van der Waals surface area contributed by atoms with Gasteiger partial charge in [-0.15, -0.1) is 0 Å². The Hall–Kier alpha value is -2.33. The van der Waals surface area contributed by atoms with Gasteiger partial charge < -0.3 is 20.0 Å². The van der Waals surface area contributed by atoms with E-state index in [-0.39, 0.29) is 12.1 Å². The van der Waals surface area contributed by atoms with Crippen molar-refractivity contribution in [1.82, 2.24) is 0 Å². The maximum atomic E-state index is 11.1. The fraction of sp³-hybridized carbons (Fsp3) is 0.350. The summed E-state index contributed by atoms with van der Waals surface area (Å²) in [5.74, 6) is 1.94. The van der Waals surface area contributed by atoms with Gasteiger partial charge in [-0.3, -0.25) is 0 Å². The predicted molar refractivity (Wildman–Crippen MR) is 96.0 cm³/mol. The van der Waals surface area contributed by atoms with Crippen molar-refractivity contribution in [3.8, 4) is 11.5 Å². The van der Waals surface area contributed by atoms with Crippen molar-refractivity contribution >= 4 is 6.29 Å². The van der Waals surface area contributed by atoms with Crippen LogP contribution in [0.3, 0.4) is 0 Å². The summed E-state index contributed by atoms with van der Waals surface area (Å²) in [6.45, 7) is 13.3. The Morgan fingerprint density at radius 1 is 1.38 bits per heavy atom. The lowest BCUT2D eigenvalue weighted by Crippen LogP contribution is -2.24. The number of aldehydes is 1. The Balaban J connectivity index is 2.21. The molecule has 0 fully saturated rings. The van der Waals surface area contributed by atoms with Gasteiger partial charge >= 0.3 is 0 Å². The summed E-state index contributed by atoms with van der Waals surface area (Å²) in [5, 5.41) is 0. The zero-order chi connectivity index (χ0) is 17.9.